The van der Waals surface area contributed by atoms with Crippen molar-refractivity contribution in [3.63, 3.8) is 0 Å². The van der Waals surface area contributed by atoms with Gasteiger partial charge in [-0.2, -0.15) is 0 Å². The highest BCUT2D eigenvalue weighted by molar-refractivity contribution is 6.27. The molecule has 0 spiro atoms. The standard InChI is InChI=1S/C89H58N4O/c1-89(2)76-45-47-82-87(86(76)74-52-71-67-34-16-14-32-65(67)66-33-15-17-35-68(66)72(71)53-77(74)89)75-50-59(42-46-81(75)93(82)85-54-78(56-25-8-4-9-26-56)90-88(91-85)57-27-10-5-11-28-57)58-41-44-63-60(49-58)29-22-39-79(63)92(61-43-48-84-73(51-61)70-37-19-21-40-83(70)94-84)80-38-20-18-36-69(80)64-31-13-12-30-62(64)55-23-6-3-7-24-55/h3-54H,1-2H3. The molecule has 0 saturated heterocycles. The zero-order valence-electron chi connectivity index (χ0n) is 51.7. The molecule has 0 bridgehead atoms. The van der Waals surface area contributed by atoms with Crippen LogP contribution < -0.4 is 4.90 Å². The third kappa shape index (κ3) is 8.27. The molecule has 19 rings (SSSR count). The number of anilines is 3. The van der Waals surface area contributed by atoms with Crippen molar-refractivity contribution in [2.75, 3.05) is 4.90 Å². The fraction of sp³-hybridized carbons (Fsp3) is 0.0337. The average molecular weight is 1200 g/mol. The van der Waals surface area contributed by atoms with Crippen molar-refractivity contribution >= 4 is 104 Å². The van der Waals surface area contributed by atoms with E-state index in [-0.39, 0.29) is 5.41 Å². The number of nitrogens with zero attached hydrogens (tertiary/aromatic N) is 4. The molecule has 1 aliphatic rings. The molecule has 3 heterocycles. The van der Waals surface area contributed by atoms with E-state index in [1.165, 1.54) is 71.1 Å². The number of fused-ring (bicyclic) bond motifs is 17. The summed E-state index contributed by atoms with van der Waals surface area (Å²) in [5, 5.41) is 14.4. The van der Waals surface area contributed by atoms with E-state index in [0.29, 0.717) is 5.82 Å². The quantitative estimate of drug-likeness (QED) is 0.135. The van der Waals surface area contributed by atoms with E-state index in [2.05, 4.69) is 327 Å². The summed E-state index contributed by atoms with van der Waals surface area (Å²) in [5.74, 6) is 1.48. The van der Waals surface area contributed by atoms with Crippen molar-refractivity contribution < 1.29 is 4.42 Å². The van der Waals surface area contributed by atoms with Gasteiger partial charge in [-0.1, -0.05) is 250 Å². The van der Waals surface area contributed by atoms with Crippen LogP contribution in [0.4, 0.5) is 17.1 Å². The molecule has 15 aromatic carbocycles. The summed E-state index contributed by atoms with van der Waals surface area (Å²) in [4.78, 5) is 13.3. The van der Waals surface area contributed by atoms with Crippen LogP contribution in [0, 0.1) is 0 Å². The molecule has 0 N–H and O–H groups in total. The number of rotatable bonds is 9. The molecule has 0 unspecified atom stereocenters. The monoisotopic (exact) mass is 1200 g/mol. The van der Waals surface area contributed by atoms with Crippen LogP contribution in [0.2, 0.25) is 0 Å². The lowest BCUT2D eigenvalue weighted by Crippen LogP contribution is -2.15. The number of aromatic nitrogens is 3. The number of furan rings is 1. The lowest BCUT2D eigenvalue weighted by molar-refractivity contribution is 0.661. The van der Waals surface area contributed by atoms with Gasteiger partial charge in [-0.25, -0.2) is 9.97 Å². The van der Waals surface area contributed by atoms with Gasteiger partial charge in [0.05, 0.1) is 28.1 Å². The Labute approximate surface area is 543 Å². The van der Waals surface area contributed by atoms with Gasteiger partial charge in [-0.15, -0.1) is 0 Å². The minimum absolute atomic E-state index is 0.310. The van der Waals surface area contributed by atoms with Crippen LogP contribution in [0.5, 0.6) is 0 Å². The minimum Gasteiger partial charge on any atom is -0.456 e. The molecule has 0 amide bonds. The van der Waals surface area contributed by atoms with Crippen molar-refractivity contribution in [1.29, 1.82) is 0 Å². The van der Waals surface area contributed by atoms with E-state index in [1.807, 2.05) is 12.1 Å². The largest absolute Gasteiger partial charge is 0.456 e. The normalized spacial score (nSPS) is 12.7. The Bertz CT molecular complexity index is 6080. The Balaban J connectivity index is 0.838. The smallest absolute Gasteiger partial charge is 0.162 e. The molecule has 5 heteroatoms. The second-order valence-electron chi connectivity index (χ2n) is 25.5. The van der Waals surface area contributed by atoms with E-state index in [0.717, 1.165) is 111 Å². The zero-order chi connectivity index (χ0) is 62.2. The van der Waals surface area contributed by atoms with Crippen LogP contribution in [-0.4, -0.2) is 14.5 Å². The maximum absolute atomic E-state index is 6.46. The summed E-state index contributed by atoms with van der Waals surface area (Å²) in [7, 11) is 0. The van der Waals surface area contributed by atoms with Crippen LogP contribution in [-0.2, 0) is 5.41 Å². The highest BCUT2D eigenvalue weighted by Gasteiger charge is 2.39. The number of benzene rings is 15. The van der Waals surface area contributed by atoms with Gasteiger partial charge in [0, 0.05) is 60.8 Å². The van der Waals surface area contributed by atoms with Crippen molar-refractivity contribution in [2.24, 2.45) is 0 Å². The molecular weight excluding hydrogens is 1140 g/mol. The van der Waals surface area contributed by atoms with Crippen LogP contribution in [0.25, 0.3) is 160 Å². The van der Waals surface area contributed by atoms with Gasteiger partial charge >= 0.3 is 0 Å². The molecule has 440 valence electrons. The Kier molecular flexibility index (Phi) is 11.9. The van der Waals surface area contributed by atoms with Crippen molar-refractivity contribution in [1.82, 2.24) is 14.5 Å². The average Bonchev–Trinajstić information content (AvgIpc) is 1.51. The van der Waals surface area contributed by atoms with Gasteiger partial charge in [-0.3, -0.25) is 4.57 Å². The van der Waals surface area contributed by atoms with Gasteiger partial charge < -0.3 is 9.32 Å². The van der Waals surface area contributed by atoms with Crippen LogP contribution in [0.1, 0.15) is 25.0 Å². The molecule has 0 atom stereocenters. The molecule has 0 saturated carbocycles. The van der Waals surface area contributed by atoms with E-state index < -0.39 is 0 Å². The van der Waals surface area contributed by atoms with Crippen LogP contribution in [0.3, 0.4) is 0 Å². The molecule has 1 aliphatic carbocycles. The van der Waals surface area contributed by atoms with E-state index in [1.54, 1.807) is 0 Å². The fourth-order valence-electron chi connectivity index (χ4n) is 15.6. The van der Waals surface area contributed by atoms with E-state index in [9.17, 15) is 0 Å². The molecule has 18 aromatic rings. The summed E-state index contributed by atoms with van der Waals surface area (Å²) >= 11 is 0. The highest BCUT2D eigenvalue weighted by Crippen LogP contribution is 2.56. The Morgan fingerprint density at radius 2 is 0.915 bits per heavy atom. The number of hydrogen-bond donors (Lipinski definition) is 0. The third-order valence-electron chi connectivity index (χ3n) is 20.0. The Hall–Kier alpha value is -12.2. The molecular formula is C89H58N4O. The summed E-state index contributed by atoms with van der Waals surface area (Å²) in [5.41, 5.74) is 21.7. The van der Waals surface area contributed by atoms with Gasteiger partial charge in [-0.05, 0) is 161 Å². The summed E-state index contributed by atoms with van der Waals surface area (Å²) in [6.45, 7) is 4.83. The summed E-state index contributed by atoms with van der Waals surface area (Å²) in [6, 6.07) is 115. The first-order valence-electron chi connectivity index (χ1n) is 32.4. The van der Waals surface area contributed by atoms with E-state index in [4.69, 9.17) is 14.4 Å². The zero-order valence-corrected chi connectivity index (χ0v) is 51.7. The lowest BCUT2D eigenvalue weighted by atomic mass is 9.81. The third-order valence-corrected chi connectivity index (χ3v) is 20.0. The number of hydrogen-bond acceptors (Lipinski definition) is 4. The first-order valence-corrected chi connectivity index (χ1v) is 32.4. The van der Waals surface area contributed by atoms with Gasteiger partial charge in [0.2, 0.25) is 0 Å². The fourth-order valence-corrected chi connectivity index (χ4v) is 15.6. The van der Waals surface area contributed by atoms with Gasteiger partial charge in [0.25, 0.3) is 0 Å². The highest BCUT2D eigenvalue weighted by atomic mass is 16.3. The van der Waals surface area contributed by atoms with Gasteiger partial charge in [0.15, 0.2) is 5.82 Å². The van der Waals surface area contributed by atoms with Crippen molar-refractivity contribution in [2.45, 2.75) is 19.3 Å². The predicted octanol–water partition coefficient (Wildman–Crippen LogP) is 24.2. The molecule has 0 aliphatic heterocycles. The maximum atomic E-state index is 6.46. The van der Waals surface area contributed by atoms with E-state index >= 15 is 0 Å². The first-order chi connectivity index (χ1) is 46.4. The Morgan fingerprint density at radius 3 is 1.67 bits per heavy atom. The van der Waals surface area contributed by atoms with Crippen molar-refractivity contribution in [3.8, 4) is 73.0 Å². The second kappa shape index (κ2) is 20.9. The van der Waals surface area contributed by atoms with Gasteiger partial charge in [0.1, 0.15) is 17.0 Å². The Morgan fingerprint density at radius 1 is 0.330 bits per heavy atom. The minimum atomic E-state index is -0.310. The topological polar surface area (TPSA) is 47.1 Å². The first kappa shape index (κ1) is 53.6. The molecule has 94 heavy (non-hydrogen) atoms. The summed E-state index contributed by atoms with van der Waals surface area (Å²) in [6.07, 6.45) is 0. The van der Waals surface area contributed by atoms with Crippen LogP contribution in [0.15, 0.2) is 320 Å². The predicted molar refractivity (Wildman–Crippen MR) is 393 cm³/mol. The lowest BCUT2D eigenvalue weighted by Gasteiger charge is -2.29. The second-order valence-corrected chi connectivity index (χ2v) is 25.5. The summed E-state index contributed by atoms with van der Waals surface area (Å²) < 4.78 is 8.86. The maximum Gasteiger partial charge on any atom is 0.162 e. The molecule has 3 aromatic heterocycles. The molecule has 0 fully saturated rings. The van der Waals surface area contributed by atoms with Crippen LogP contribution >= 0.6 is 0 Å². The molecule has 0 radical (unpaired) electrons. The molecule has 5 nitrogen and oxygen atoms in total. The van der Waals surface area contributed by atoms with Crippen molar-refractivity contribution in [3.05, 3.63) is 327 Å². The number of para-hydroxylation sites is 2. The SMILES string of the molecule is CC1(C)c2cc3c4ccccc4c4ccccc4c3cc2-c2c1ccc1c2c2cc(-c3ccc4c(N(c5ccc6oc7ccccc7c6c5)c5ccccc5-c5ccccc5-c5ccccc5)cccc4c3)ccc2n1-c1cc(-c2ccccc2)nc(-c2ccccc2)n1.